The fourth-order valence-corrected chi connectivity index (χ4v) is 2.72. The lowest BCUT2D eigenvalue weighted by Crippen LogP contribution is -2.26. The monoisotopic (exact) mass is 441 g/mol. The van der Waals surface area contributed by atoms with E-state index in [9.17, 15) is 9.59 Å². The number of amides is 2. The summed E-state index contributed by atoms with van der Waals surface area (Å²) in [6.45, 7) is 3.21. The molecular formula is C19H18Cl3N3O3. The minimum Gasteiger partial charge on any atom is -0.482 e. The predicted octanol–water partition coefficient (Wildman–Crippen LogP) is 4.85. The van der Waals surface area contributed by atoms with Crippen LogP contribution < -0.4 is 15.5 Å². The highest BCUT2D eigenvalue weighted by Crippen LogP contribution is 2.27. The summed E-state index contributed by atoms with van der Waals surface area (Å²) in [6, 6.07) is 9.91. The topological polar surface area (TPSA) is 79.8 Å². The lowest BCUT2D eigenvalue weighted by Gasteiger charge is -2.08. The van der Waals surface area contributed by atoms with Gasteiger partial charge >= 0.3 is 0 Å². The lowest BCUT2D eigenvalue weighted by molar-refractivity contribution is -0.123. The van der Waals surface area contributed by atoms with E-state index in [4.69, 9.17) is 39.5 Å². The average molecular weight is 443 g/mol. The van der Waals surface area contributed by atoms with Crippen LogP contribution in [0.3, 0.4) is 0 Å². The van der Waals surface area contributed by atoms with Crippen LogP contribution in [0.25, 0.3) is 0 Å². The van der Waals surface area contributed by atoms with E-state index >= 15 is 0 Å². The van der Waals surface area contributed by atoms with Gasteiger partial charge in [-0.05, 0) is 49.7 Å². The Morgan fingerprint density at radius 1 is 1.04 bits per heavy atom. The molecule has 0 radical (unpaired) electrons. The molecule has 0 bridgehead atoms. The molecule has 0 aromatic heterocycles. The van der Waals surface area contributed by atoms with Crippen LogP contribution in [0.4, 0.5) is 5.69 Å². The zero-order valence-corrected chi connectivity index (χ0v) is 17.5. The van der Waals surface area contributed by atoms with Crippen molar-refractivity contribution in [3.63, 3.8) is 0 Å². The molecule has 0 heterocycles. The number of hydrogen-bond donors (Lipinski definition) is 2. The Morgan fingerprint density at radius 2 is 1.79 bits per heavy atom. The zero-order valence-electron chi connectivity index (χ0n) is 15.2. The Morgan fingerprint density at radius 3 is 2.46 bits per heavy atom. The van der Waals surface area contributed by atoms with E-state index in [2.05, 4.69) is 15.8 Å². The lowest BCUT2D eigenvalue weighted by atomic mass is 10.2. The molecule has 6 nitrogen and oxygen atoms in total. The van der Waals surface area contributed by atoms with Crippen LogP contribution in [0.1, 0.15) is 18.9 Å². The number of hydrogen-bond acceptors (Lipinski definition) is 4. The summed E-state index contributed by atoms with van der Waals surface area (Å²) in [6.07, 6.45) is 0.00957. The first kappa shape index (κ1) is 22.0. The number of aryl methyl sites for hydroxylation is 1. The number of halogens is 3. The van der Waals surface area contributed by atoms with Crippen LogP contribution in [-0.4, -0.2) is 24.1 Å². The van der Waals surface area contributed by atoms with E-state index in [-0.39, 0.29) is 18.9 Å². The molecule has 0 spiro atoms. The fraction of sp³-hybridized carbons (Fsp3) is 0.211. The number of benzene rings is 2. The maximum absolute atomic E-state index is 12.0. The second-order valence-corrected chi connectivity index (χ2v) is 7.19. The van der Waals surface area contributed by atoms with Gasteiger partial charge in [-0.15, -0.1) is 0 Å². The number of hydrazone groups is 1. The van der Waals surface area contributed by atoms with E-state index in [0.29, 0.717) is 32.2 Å². The van der Waals surface area contributed by atoms with Gasteiger partial charge in [0.05, 0.1) is 11.4 Å². The van der Waals surface area contributed by atoms with E-state index in [0.717, 1.165) is 5.56 Å². The van der Waals surface area contributed by atoms with E-state index < -0.39 is 5.91 Å². The van der Waals surface area contributed by atoms with Crippen LogP contribution in [0.2, 0.25) is 15.1 Å². The van der Waals surface area contributed by atoms with Crippen molar-refractivity contribution < 1.29 is 14.3 Å². The number of ether oxygens (including phenoxy) is 1. The van der Waals surface area contributed by atoms with Gasteiger partial charge in [-0.3, -0.25) is 9.59 Å². The molecule has 9 heteroatoms. The Hall–Kier alpha value is -2.28. The normalized spacial score (nSPS) is 11.1. The molecule has 2 amide bonds. The number of rotatable bonds is 7. The van der Waals surface area contributed by atoms with Gasteiger partial charge in [0, 0.05) is 21.4 Å². The second-order valence-electron chi connectivity index (χ2n) is 5.93. The molecule has 0 aliphatic rings. The first-order chi connectivity index (χ1) is 13.2. The predicted molar refractivity (Wildman–Crippen MR) is 113 cm³/mol. The summed E-state index contributed by atoms with van der Waals surface area (Å²) >= 11 is 17.8. The third-order valence-corrected chi connectivity index (χ3v) is 4.43. The van der Waals surface area contributed by atoms with Crippen LogP contribution >= 0.6 is 34.8 Å². The smallest absolute Gasteiger partial charge is 0.277 e. The van der Waals surface area contributed by atoms with E-state index in [1.54, 1.807) is 31.2 Å². The quantitative estimate of drug-likeness (QED) is 0.475. The second kappa shape index (κ2) is 10.3. The third kappa shape index (κ3) is 7.03. The molecule has 0 unspecified atom stereocenters. The van der Waals surface area contributed by atoms with Crippen molar-refractivity contribution in [3.8, 4) is 5.75 Å². The summed E-state index contributed by atoms with van der Waals surface area (Å²) in [7, 11) is 0. The summed E-state index contributed by atoms with van der Waals surface area (Å²) in [5, 5.41) is 7.93. The molecule has 0 aliphatic heterocycles. The van der Waals surface area contributed by atoms with E-state index in [1.807, 2.05) is 13.0 Å². The minimum atomic E-state index is -0.490. The van der Waals surface area contributed by atoms with Crippen molar-refractivity contribution in [1.29, 1.82) is 0 Å². The van der Waals surface area contributed by atoms with Gasteiger partial charge in [0.15, 0.2) is 6.61 Å². The molecule has 0 saturated carbocycles. The summed E-state index contributed by atoms with van der Waals surface area (Å²) in [5.74, 6) is -0.436. The van der Waals surface area contributed by atoms with Gasteiger partial charge in [-0.1, -0.05) is 40.9 Å². The molecular weight excluding hydrogens is 425 g/mol. The van der Waals surface area contributed by atoms with Crippen LogP contribution in [-0.2, 0) is 9.59 Å². The molecule has 2 aromatic carbocycles. The van der Waals surface area contributed by atoms with Gasteiger partial charge in [0.25, 0.3) is 5.91 Å². The molecule has 2 rings (SSSR count). The highest BCUT2D eigenvalue weighted by Gasteiger charge is 2.08. The van der Waals surface area contributed by atoms with Crippen molar-refractivity contribution in [3.05, 3.63) is 57.0 Å². The largest absolute Gasteiger partial charge is 0.482 e. The Bertz CT molecular complexity index is 917. The van der Waals surface area contributed by atoms with Crippen molar-refractivity contribution in [2.75, 3.05) is 11.9 Å². The molecule has 28 heavy (non-hydrogen) atoms. The highest BCUT2D eigenvalue weighted by atomic mass is 35.5. The Labute approximate surface area is 177 Å². The number of anilines is 1. The van der Waals surface area contributed by atoms with Gasteiger partial charge < -0.3 is 10.1 Å². The van der Waals surface area contributed by atoms with Crippen LogP contribution in [0.15, 0.2) is 41.5 Å². The Balaban J connectivity index is 1.79. The van der Waals surface area contributed by atoms with E-state index in [1.165, 1.54) is 6.07 Å². The third-order valence-electron chi connectivity index (χ3n) is 3.50. The van der Waals surface area contributed by atoms with Crippen molar-refractivity contribution in [2.45, 2.75) is 20.3 Å². The minimum absolute atomic E-state index is 0.00957. The summed E-state index contributed by atoms with van der Waals surface area (Å²) in [5.41, 5.74) is 4.26. The molecule has 0 saturated heterocycles. The van der Waals surface area contributed by atoms with Crippen molar-refractivity contribution in [1.82, 2.24) is 5.43 Å². The average Bonchev–Trinajstić information content (AvgIpc) is 2.62. The van der Waals surface area contributed by atoms with Crippen molar-refractivity contribution in [2.24, 2.45) is 5.10 Å². The molecule has 0 atom stereocenters. The summed E-state index contributed by atoms with van der Waals surface area (Å²) < 4.78 is 5.30. The van der Waals surface area contributed by atoms with Gasteiger partial charge in [-0.2, -0.15) is 5.10 Å². The van der Waals surface area contributed by atoms with Gasteiger partial charge in [0.1, 0.15) is 5.75 Å². The molecule has 2 aromatic rings. The van der Waals surface area contributed by atoms with Gasteiger partial charge in [-0.25, -0.2) is 5.43 Å². The number of nitrogens with one attached hydrogen (secondary N) is 2. The molecule has 0 fully saturated rings. The molecule has 0 aliphatic carbocycles. The highest BCUT2D eigenvalue weighted by molar-refractivity contribution is 6.35. The maximum atomic E-state index is 12.0. The SMILES string of the molecule is CC(CC(=O)Nc1ccc(C)c(Cl)c1)=NNC(=O)COc1ccc(Cl)cc1Cl. The maximum Gasteiger partial charge on any atom is 0.277 e. The molecule has 2 N–H and O–H groups in total. The number of carbonyl (C=O) groups is 2. The van der Waals surface area contributed by atoms with Crippen LogP contribution in [0.5, 0.6) is 5.75 Å². The zero-order chi connectivity index (χ0) is 20.7. The number of nitrogens with zero attached hydrogens (tertiary/aromatic N) is 1. The standard InChI is InChI=1S/C19H18Cl3N3O3/c1-11-3-5-14(9-15(11)21)23-18(26)7-12(2)24-25-19(27)10-28-17-6-4-13(20)8-16(17)22/h3-6,8-9H,7,10H2,1-2H3,(H,23,26)(H,25,27). The van der Waals surface area contributed by atoms with Gasteiger partial charge in [0.2, 0.25) is 5.91 Å². The first-order valence-corrected chi connectivity index (χ1v) is 9.34. The molecule has 148 valence electrons. The fourth-order valence-electron chi connectivity index (χ4n) is 2.07. The Kier molecular flexibility index (Phi) is 8.11. The van der Waals surface area contributed by atoms with Crippen LogP contribution in [0, 0.1) is 6.92 Å². The van der Waals surface area contributed by atoms with Crippen molar-refractivity contribution >= 4 is 58.0 Å². The summed E-state index contributed by atoms with van der Waals surface area (Å²) in [4.78, 5) is 23.9. The first-order valence-electron chi connectivity index (χ1n) is 8.20. The number of carbonyl (C=O) groups excluding carboxylic acids is 2.